The zero-order valence-corrected chi connectivity index (χ0v) is 73.2. The molecule has 10 atom stereocenters. The second-order valence-corrected chi connectivity index (χ2v) is 61.2. The van der Waals surface area contributed by atoms with Gasteiger partial charge < -0.3 is 14.2 Å². The summed E-state index contributed by atoms with van der Waals surface area (Å²) in [7, 11) is -4.07. The first kappa shape index (κ1) is 87.8. The highest BCUT2D eigenvalue weighted by Gasteiger charge is 2.41. The first-order valence-electron chi connectivity index (χ1n) is 39.8. The Kier molecular flexibility index (Phi) is 35.5. The fourth-order valence-corrected chi connectivity index (χ4v) is 22.3. The molecule has 556 valence electrons. The molecule has 4 aromatic rings. The molecule has 4 aromatic carbocycles. The van der Waals surface area contributed by atoms with Gasteiger partial charge in [0, 0.05) is 5.92 Å². The Balaban J connectivity index is 1.72. The van der Waals surface area contributed by atoms with E-state index in [0.717, 1.165) is 22.4 Å². The van der Waals surface area contributed by atoms with E-state index in [9.17, 15) is 0 Å². The number of hydrogen-bond acceptors (Lipinski definition) is 3. The van der Waals surface area contributed by atoms with Gasteiger partial charge in [-0.3, -0.25) is 0 Å². The maximum absolute atomic E-state index is 7.38. The molecule has 0 saturated heterocycles. The Bertz CT molecular complexity index is 2850. The molecule has 0 aromatic heterocycles. The lowest BCUT2D eigenvalue weighted by Crippen LogP contribution is -2.37. The van der Waals surface area contributed by atoms with E-state index in [2.05, 4.69) is 328 Å². The Morgan fingerprint density at radius 1 is 0.434 bits per heavy atom. The summed E-state index contributed by atoms with van der Waals surface area (Å²) in [6.07, 6.45) is 33.8. The van der Waals surface area contributed by atoms with Gasteiger partial charge in [-0.25, -0.2) is 0 Å². The van der Waals surface area contributed by atoms with Crippen LogP contribution in [0.2, 0.25) is 96.7 Å². The van der Waals surface area contributed by atoms with Gasteiger partial charge >= 0.3 is 0 Å². The molecule has 0 unspecified atom stereocenters. The highest BCUT2D eigenvalue weighted by atomic mass is 28.3. The lowest BCUT2D eigenvalue weighted by Gasteiger charge is -2.38. The second-order valence-electron chi connectivity index (χ2n) is 38.1. The Morgan fingerprint density at radius 2 is 0.848 bits per heavy atom. The maximum atomic E-state index is 7.38. The normalized spacial score (nSPS) is 16.7. The first-order valence-corrected chi connectivity index (χ1v) is 52.7. The third kappa shape index (κ3) is 27.4. The molecular formula is C92H154O3Si4. The van der Waals surface area contributed by atoms with Gasteiger partial charge in [0.2, 0.25) is 0 Å². The summed E-state index contributed by atoms with van der Waals surface area (Å²) < 4.78 is 20.0. The lowest BCUT2D eigenvalue weighted by atomic mass is 9.76. The lowest BCUT2D eigenvalue weighted by molar-refractivity contribution is -0.0357. The topological polar surface area (TPSA) is 27.7 Å². The number of ether oxygens (including phenoxy) is 3. The third-order valence-corrected chi connectivity index (χ3v) is 49.5. The maximum Gasteiger partial charge on any atom is 0.144 e. The van der Waals surface area contributed by atoms with Crippen molar-refractivity contribution < 1.29 is 14.2 Å². The molecule has 0 radical (unpaired) electrons. The molecule has 0 spiro atoms. The average molecular weight is 1420 g/mol. The minimum absolute atomic E-state index is 0.109. The van der Waals surface area contributed by atoms with Crippen LogP contribution in [0.3, 0.4) is 0 Å². The standard InChI is InChI=1S/C92H154O3Si4/c1-28-29-46-76(5)87(94-72-79-62-64-85(93-19)65-63-79)77(6)80(51-43-68-97(22,23)89(10,11)12)50-40-39-47-74(3)86(59-45-70-99(26,27)91(16,17)18)75(4)60-61-78(49-42-67-96(20,21)88(7,8)9)71-81(52-44-69-98(24,25)90(13,14)15)73(2)48-41-66-95-92(82-53-33-30-34-54-82,83-55-35-31-36-56-83)84-57-37-32-38-58-84/h28-38,41,46,48,53-58,60-65,73-78,80-81,86-87H,1,39-40,42-45,47,49-52,59,66-72H2,2-27H3/b46-29-,48-41+,61-60-/t73-,74-,75-,76-,77+,78+,80+,81-,86+,87+/m0/s1. The quantitative estimate of drug-likeness (QED) is 0.0145. The van der Waals surface area contributed by atoms with E-state index in [1.165, 1.54) is 113 Å². The average Bonchev–Trinajstić information content (AvgIpc) is 0.758. The van der Waals surface area contributed by atoms with Crippen molar-refractivity contribution in [3.8, 4) is 5.75 Å². The van der Waals surface area contributed by atoms with E-state index in [-0.39, 0.29) is 12.0 Å². The molecule has 3 nitrogen and oxygen atoms in total. The van der Waals surface area contributed by atoms with Crippen LogP contribution in [0.25, 0.3) is 0 Å². The second kappa shape index (κ2) is 40.1. The molecule has 0 saturated carbocycles. The largest absolute Gasteiger partial charge is 0.497 e. The van der Waals surface area contributed by atoms with Crippen molar-refractivity contribution >= 4 is 32.3 Å². The minimum atomic E-state index is -1.47. The van der Waals surface area contributed by atoms with Crippen molar-refractivity contribution in [2.45, 2.75) is 316 Å². The van der Waals surface area contributed by atoms with Crippen LogP contribution < -0.4 is 4.74 Å². The third-order valence-electron chi connectivity index (χ3n) is 26.8. The van der Waals surface area contributed by atoms with Crippen LogP contribution in [0.1, 0.15) is 223 Å². The number of methoxy groups -OCH3 is 1. The number of unbranched alkanes of at least 4 members (excludes halogenated alkanes) is 1. The van der Waals surface area contributed by atoms with Crippen LogP contribution in [-0.2, 0) is 21.7 Å². The Labute approximate surface area is 618 Å². The summed E-state index contributed by atoms with van der Waals surface area (Å²) in [6, 6.07) is 46.7. The highest BCUT2D eigenvalue weighted by molar-refractivity contribution is 6.81. The molecule has 0 N–H and O–H groups in total. The summed E-state index contributed by atoms with van der Waals surface area (Å²) in [5.74, 6) is 5.54. The van der Waals surface area contributed by atoms with Gasteiger partial charge in [-0.05, 0) is 121 Å². The monoisotopic (exact) mass is 1420 g/mol. The van der Waals surface area contributed by atoms with E-state index < -0.39 is 37.9 Å². The Morgan fingerprint density at radius 3 is 1.28 bits per heavy atom. The van der Waals surface area contributed by atoms with Crippen LogP contribution in [-0.4, -0.2) is 52.1 Å². The molecule has 0 fully saturated rings. The summed E-state index contributed by atoms with van der Waals surface area (Å²) in [5.41, 5.74) is 3.91. The molecule has 0 aliphatic rings. The summed E-state index contributed by atoms with van der Waals surface area (Å²) >= 11 is 0. The molecule has 0 bridgehead atoms. The number of rotatable bonds is 44. The van der Waals surface area contributed by atoms with Crippen molar-refractivity contribution in [2.24, 2.45) is 53.3 Å². The van der Waals surface area contributed by atoms with Crippen molar-refractivity contribution in [1.82, 2.24) is 0 Å². The predicted octanol–water partition coefficient (Wildman–Crippen LogP) is 29.2. The molecular weight excluding hydrogens is 1270 g/mol. The van der Waals surface area contributed by atoms with Gasteiger partial charge in [-0.15, -0.1) is 0 Å². The van der Waals surface area contributed by atoms with Crippen LogP contribution in [0, 0.1) is 53.3 Å². The molecule has 0 heterocycles. The highest BCUT2D eigenvalue weighted by Crippen LogP contribution is 2.47. The molecule has 0 aliphatic carbocycles. The van der Waals surface area contributed by atoms with Gasteiger partial charge in [-0.2, -0.15) is 0 Å². The predicted molar refractivity (Wildman–Crippen MR) is 452 cm³/mol. The molecule has 99 heavy (non-hydrogen) atoms. The van der Waals surface area contributed by atoms with Gasteiger partial charge in [0.15, 0.2) is 0 Å². The van der Waals surface area contributed by atoms with Gasteiger partial charge in [0.25, 0.3) is 0 Å². The van der Waals surface area contributed by atoms with Gasteiger partial charge in [0.1, 0.15) is 11.4 Å². The molecule has 0 amide bonds. The summed E-state index contributed by atoms with van der Waals surface area (Å²) in [6.45, 7) is 69.2. The van der Waals surface area contributed by atoms with Crippen molar-refractivity contribution in [3.63, 3.8) is 0 Å². The van der Waals surface area contributed by atoms with E-state index in [4.69, 9.17) is 14.2 Å². The van der Waals surface area contributed by atoms with E-state index in [1.54, 1.807) is 7.11 Å². The fourth-order valence-electron chi connectivity index (χ4n) is 15.0. The van der Waals surface area contributed by atoms with Crippen LogP contribution in [0.15, 0.2) is 164 Å². The number of allylic oxidation sites excluding steroid dienone is 5. The summed E-state index contributed by atoms with van der Waals surface area (Å²) in [5, 5.41) is 1.55. The van der Waals surface area contributed by atoms with Gasteiger partial charge in [-0.1, -0.05) is 411 Å². The number of hydrogen-bond donors (Lipinski definition) is 0. The Hall–Kier alpha value is -3.57. The fraction of sp³-hybridized carbons (Fsp3) is 0.652. The SMILES string of the molecule is C=C/C=C\[C@H](C)[C@@H](OCc1ccc(OC)cc1)[C@H](C)[C@H](CCCC[C@H](C)[C@@H](CCC[Si](C)(C)C(C)(C)C)[C@@H](C)/C=C\[C@@H](CCC[Si](C)(C)C(C)(C)C)C[C@H](CCC[Si](C)(C)C(C)(C)C)[C@@H](C)/C=C/COC(c1ccccc1)(c1ccccc1)c1ccccc1)CCC[Si](C)(C)C(C)(C)C. The van der Waals surface area contributed by atoms with E-state index in [1.807, 2.05) is 6.08 Å². The van der Waals surface area contributed by atoms with Crippen LogP contribution in [0.5, 0.6) is 5.75 Å². The smallest absolute Gasteiger partial charge is 0.144 e. The van der Waals surface area contributed by atoms with E-state index >= 15 is 0 Å². The minimum Gasteiger partial charge on any atom is -0.497 e. The van der Waals surface area contributed by atoms with Crippen molar-refractivity contribution in [3.05, 3.63) is 187 Å². The van der Waals surface area contributed by atoms with Gasteiger partial charge in [0.05, 0.1) is 58.7 Å². The summed E-state index contributed by atoms with van der Waals surface area (Å²) in [4.78, 5) is 0. The zero-order chi connectivity index (χ0) is 74.1. The van der Waals surface area contributed by atoms with Crippen molar-refractivity contribution in [1.29, 1.82) is 0 Å². The molecule has 4 rings (SSSR count). The molecule has 7 heteroatoms. The van der Waals surface area contributed by atoms with E-state index in [0.29, 0.717) is 80.7 Å². The molecule has 0 aliphatic heterocycles. The first-order chi connectivity index (χ1) is 46.1. The number of benzene rings is 4. The van der Waals surface area contributed by atoms with Crippen LogP contribution in [0.4, 0.5) is 0 Å². The van der Waals surface area contributed by atoms with Crippen molar-refractivity contribution in [2.75, 3.05) is 13.7 Å². The van der Waals surface area contributed by atoms with Crippen LogP contribution >= 0.6 is 0 Å². The zero-order valence-electron chi connectivity index (χ0n) is 69.2.